The molecule has 2 rings (SSSR count). The number of tetrazole rings is 1. The van der Waals surface area contributed by atoms with Crippen LogP contribution in [-0.4, -0.2) is 26.1 Å². The standard InChI is InChI=1S/C11H10IN5O/c1-2-6-17-15-11(14-16-17)13-10(18)8-4-3-5-9(12)7-8/h2-5,7H,1,6H2,(H,13,15,18). The van der Waals surface area contributed by atoms with Crippen LogP contribution < -0.4 is 5.32 Å². The summed E-state index contributed by atoms with van der Waals surface area (Å²) in [5.74, 6) is -0.0765. The lowest BCUT2D eigenvalue weighted by Gasteiger charge is -2.00. The minimum atomic E-state index is -0.258. The molecular weight excluding hydrogens is 345 g/mol. The first kappa shape index (κ1) is 12.7. The van der Waals surface area contributed by atoms with Crippen LogP contribution in [-0.2, 0) is 6.54 Å². The van der Waals surface area contributed by atoms with Gasteiger partial charge in [-0.25, -0.2) is 0 Å². The van der Waals surface area contributed by atoms with E-state index in [4.69, 9.17) is 0 Å². The molecule has 0 unspecified atom stereocenters. The Kier molecular flexibility index (Phi) is 4.03. The number of hydrogen-bond acceptors (Lipinski definition) is 4. The number of anilines is 1. The van der Waals surface area contributed by atoms with Crippen molar-refractivity contribution < 1.29 is 4.79 Å². The molecule has 1 N–H and O–H groups in total. The molecule has 18 heavy (non-hydrogen) atoms. The van der Waals surface area contributed by atoms with Crippen molar-refractivity contribution in [3.8, 4) is 0 Å². The molecule has 1 amide bonds. The second kappa shape index (κ2) is 5.71. The smallest absolute Gasteiger partial charge is 0.270 e. The van der Waals surface area contributed by atoms with Crippen molar-refractivity contribution in [2.45, 2.75) is 6.54 Å². The monoisotopic (exact) mass is 355 g/mol. The predicted octanol–water partition coefficient (Wildman–Crippen LogP) is 1.72. The van der Waals surface area contributed by atoms with Crippen molar-refractivity contribution in [3.63, 3.8) is 0 Å². The summed E-state index contributed by atoms with van der Waals surface area (Å²) in [5.41, 5.74) is 0.557. The van der Waals surface area contributed by atoms with E-state index in [9.17, 15) is 4.79 Å². The van der Waals surface area contributed by atoms with Crippen molar-refractivity contribution in [1.29, 1.82) is 0 Å². The van der Waals surface area contributed by atoms with Gasteiger partial charge in [0.15, 0.2) is 0 Å². The number of hydrogen-bond donors (Lipinski definition) is 1. The number of benzene rings is 1. The molecule has 6 nitrogen and oxygen atoms in total. The Hall–Kier alpha value is -1.77. The molecule has 0 spiro atoms. The minimum Gasteiger partial charge on any atom is -0.288 e. The van der Waals surface area contributed by atoms with E-state index >= 15 is 0 Å². The molecule has 0 fully saturated rings. The fourth-order valence-corrected chi connectivity index (χ4v) is 1.83. The maximum absolute atomic E-state index is 11.9. The van der Waals surface area contributed by atoms with E-state index < -0.39 is 0 Å². The van der Waals surface area contributed by atoms with Gasteiger partial charge in [0.05, 0.1) is 6.54 Å². The van der Waals surface area contributed by atoms with Gasteiger partial charge >= 0.3 is 0 Å². The minimum absolute atomic E-state index is 0.181. The summed E-state index contributed by atoms with van der Waals surface area (Å²) in [6, 6.07) is 7.24. The van der Waals surface area contributed by atoms with Gasteiger partial charge < -0.3 is 0 Å². The lowest BCUT2D eigenvalue weighted by atomic mass is 10.2. The average Bonchev–Trinajstić information content (AvgIpc) is 2.77. The summed E-state index contributed by atoms with van der Waals surface area (Å²) in [4.78, 5) is 13.2. The quantitative estimate of drug-likeness (QED) is 0.670. The fourth-order valence-electron chi connectivity index (χ4n) is 1.29. The van der Waals surface area contributed by atoms with Gasteiger partial charge in [0.1, 0.15) is 0 Å². The van der Waals surface area contributed by atoms with E-state index in [1.54, 1.807) is 18.2 Å². The first-order valence-electron chi connectivity index (χ1n) is 5.14. The molecule has 0 bridgehead atoms. The van der Waals surface area contributed by atoms with Gasteiger partial charge in [0.25, 0.3) is 11.9 Å². The Bertz CT molecular complexity index is 580. The number of nitrogens with one attached hydrogen (secondary N) is 1. The van der Waals surface area contributed by atoms with Crippen LogP contribution in [0.3, 0.4) is 0 Å². The first-order valence-corrected chi connectivity index (χ1v) is 6.22. The SMILES string of the molecule is C=CCn1nnc(NC(=O)c2cccc(I)c2)n1. The van der Waals surface area contributed by atoms with Gasteiger partial charge in [-0.2, -0.15) is 4.80 Å². The predicted molar refractivity (Wildman–Crippen MR) is 75.1 cm³/mol. The molecule has 0 atom stereocenters. The van der Waals surface area contributed by atoms with Crippen LogP contribution in [0.25, 0.3) is 0 Å². The van der Waals surface area contributed by atoms with Crippen LogP contribution in [0.2, 0.25) is 0 Å². The van der Waals surface area contributed by atoms with E-state index in [-0.39, 0.29) is 11.9 Å². The molecule has 0 aliphatic heterocycles. The van der Waals surface area contributed by atoms with Crippen LogP contribution in [0.4, 0.5) is 5.95 Å². The van der Waals surface area contributed by atoms with E-state index in [1.165, 1.54) is 4.80 Å². The number of carbonyl (C=O) groups excluding carboxylic acids is 1. The number of carbonyl (C=O) groups is 1. The molecule has 7 heteroatoms. The van der Waals surface area contributed by atoms with Crippen LogP contribution in [0, 0.1) is 3.57 Å². The van der Waals surface area contributed by atoms with Crippen LogP contribution in [0.15, 0.2) is 36.9 Å². The second-order valence-corrected chi connectivity index (χ2v) is 4.67. The van der Waals surface area contributed by atoms with Crippen molar-refractivity contribution in [2.75, 3.05) is 5.32 Å². The van der Waals surface area contributed by atoms with Crippen molar-refractivity contribution in [2.24, 2.45) is 0 Å². The van der Waals surface area contributed by atoms with Gasteiger partial charge in [0.2, 0.25) is 0 Å². The summed E-state index contributed by atoms with van der Waals surface area (Å²) in [6.45, 7) is 4.02. The maximum atomic E-state index is 11.9. The lowest BCUT2D eigenvalue weighted by molar-refractivity contribution is 0.102. The Morgan fingerprint density at radius 1 is 1.56 bits per heavy atom. The van der Waals surface area contributed by atoms with Crippen LogP contribution in [0.1, 0.15) is 10.4 Å². The van der Waals surface area contributed by atoms with Crippen LogP contribution in [0.5, 0.6) is 0 Å². The molecule has 2 aromatic rings. The summed E-state index contributed by atoms with van der Waals surface area (Å²) in [6.07, 6.45) is 1.65. The topological polar surface area (TPSA) is 72.7 Å². The molecule has 0 radical (unpaired) electrons. The van der Waals surface area contributed by atoms with Gasteiger partial charge in [-0.1, -0.05) is 17.2 Å². The summed E-state index contributed by atoms with van der Waals surface area (Å²) in [7, 11) is 0. The number of amides is 1. The first-order chi connectivity index (χ1) is 8.69. The fraction of sp³-hybridized carbons (Fsp3) is 0.0909. The van der Waals surface area contributed by atoms with Gasteiger partial charge in [0, 0.05) is 9.13 Å². The van der Waals surface area contributed by atoms with Crippen LogP contribution >= 0.6 is 22.6 Å². The van der Waals surface area contributed by atoms with Crippen molar-refractivity contribution in [1.82, 2.24) is 20.2 Å². The van der Waals surface area contributed by atoms with E-state index in [2.05, 4.69) is 49.9 Å². The Labute approximate surface area is 117 Å². The number of halogens is 1. The Morgan fingerprint density at radius 2 is 2.39 bits per heavy atom. The highest BCUT2D eigenvalue weighted by Gasteiger charge is 2.09. The number of aromatic nitrogens is 4. The maximum Gasteiger partial charge on any atom is 0.270 e. The molecular formula is C11H10IN5O. The lowest BCUT2D eigenvalue weighted by Crippen LogP contribution is -2.13. The van der Waals surface area contributed by atoms with E-state index in [0.717, 1.165) is 3.57 Å². The van der Waals surface area contributed by atoms with Gasteiger partial charge in [-0.15, -0.1) is 11.7 Å². The third-order valence-electron chi connectivity index (χ3n) is 2.06. The number of rotatable bonds is 4. The zero-order chi connectivity index (χ0) is 13.0. The third kappa shape index (κ3) is 3.13. The van der Waals surface area contributed by atoms with Crippen molar-refractivity contribution in [3.05, 3.63) is 46.1 Å². The van der Waals surface area contributed by atoms with Gasteiger partial charge in [-0.3, -0.25) is 10.1 Å². The van der Waals surface area contributed by atoms with E-state index in [0.29, 0.717) is 12.1 Å². The summed E-state index contributed by atoms with van der Waals surface area (Å²) >= 11 is 2.15. The molecule has 92 valence electrons. The molecule has 1 aromatic carbocycles. The Morgan fingerprint density at radius 3 is 3.11 bits per heavy atom. The molecule has 1 aromatic heterocycles. The third-order valence-corrected chi connectivity index (χ3v) is 2.73. The van der Waals surface area contributed by atoms with E-state index in [1.807, 2.05) is 12.1 Å². The highest BCUT2D eigenvalue weighted by Crippen LogP contribution is 2.09. The zero-order valence-electron chi connectivity index (χ0n) is 9.38. The normalized spacial score (nSPS) is 10.1. The molecule has 0 saturated heterocycles. The molecule has 0 saturated carbocycles. The number of nitrogens with zero attached hydrogens (tertiary/aromatic N) is 4. The average molecular weight is 355 g/mol. The van der Waals surface area contributed by atoms with Crippen molar-refractivity contribution >= 4 is 34.4 Å². The summed E-state index contributed by atoms with van der Waals surface area (Å²) < 4.78 is 0.989. The highest BCUT2D eigenvalue weighted by molar-refractivity contribution is 14.1. The number of allylic oxidation sites excluding steroid dienone is 1. The largest absolute Gasteiger partial charge is 0.288 e. The van der Waals surface area contributed by atoms with Gasteiger partial charge in [-0.05, 0) is 46.0 Å². The molecule has 1 heterocycles. The molecule has 0 aliphatic carbocycles. The second-order valence-electron chi connectivity index (χ2n) is 3.42. The summed E-state index contributed by atoms with van der Waals surface area (Å²) in [5, 5.41) is 14.0. The zero-order valence-corrected chi connectivity index (χ0v) is 11.5. The molecule has 0 aliphatic rings. The highest BCUT2D eigenvalue weighted by atomic mass is 127. The Balaban J connectivity index is 2.08.